The van der Waals surface area contributed by atoms with Crippen molar-refractivity contribution in [3.05, 3.63) is 220 Å². The summed E-state index contributed by atoms with van der Waals surface area (Å²) in [6.07, 6.45) is 13.1. The molecule has 0 fully saturated rings. The van der Waals surface area contributed by atoms with Crippen molar-refractivity contribution in [3.63, 3.8) is 0 Å². The van der Waals surface area contributed by atoms with Crippen LogP contribution in [-0.4, -0.2) is 0 Å². The topological polar surface area (TPSA) is 3.24 Å². The zero-order chi connectivity index (χ0) is 35.3. The quantitative estimate of drug-likeness (QED) is 0.139. The van der Waals surface area contributed by atoms with Gasteiger partial charge in [0.25, 0.3) is 0 Å². The van der Waals surface area contributed by atoms with E-state index >= 15 is 0 Å². The average molecular weight is 668 g/mol. The maximum absolute atomic E-state index is 2.40. The normalized spacial score (nSPS) is 13.1. The van der Waals surface area contributed by atoms with Gasteiger partial charge in [0.05, 0.1) is 0 Å². The van der Waals surface area contributed by atoms with Gasteiger partial charge in [0.2, 0.25) is 0 Å². The number of benzene rings is 7. The smallest absolute Gasteiger partial charge is 0.0465 e. The van der Waals surface area contributed by atoms with Crippen molar-refractivity contribution >= 4 is 53.5 Å². The lowest BCUT2D eigenvalue weighted by molar-refractivity contribution is 0.660. The fourth-order valence-corrected chi connectivity index (χ4v) is 7.17. The van der Waals surface area contributed by atoms with E-state index in [4.69, 9.17) is 0 Å². The lowest BCUT2D eigenvalue weighted by Gasteiger charge is -2.28. The molecule has 0 bridgehead atoms. The van der Waals surface area contributed by atoms with E-state index in [1.165, 1.54) is 44.5 Å². The van der Waals surface area contributed by atoms with E-state index in [1.54, 1.807) is 0 Å². The number of anilines is 3. The van der Waals surface area contributed by atoms with E-state index < -0.39 is 0 Å². The van der Waals surface area contributed by atoms with Crippen molar-refractivity contribution in [2.45, 2.75) is 19.3 Å². The Morgan fingerprint density at radius 3 is 1.10 bits per heavy atom. The van der Waals surface area contributed by atoms with Crippen molar-refractivity contribution in [2.24, 2.45) is 0 Å². The Bertz CT molecular complexity index is 2290. The second-order valence-corrected chi connectivity index (χ2v) is 13.9. The molecule has 8 rings (SSSR count). The molecule has 0 atom stereocenters. The maximum atomic E-state index is 2.40. The summed E-state index contributed by atoms with van der Waals surface area (Å²) in [4.78, 5) is 2.38. The highest BCUT2D eigenvalue weighted by molar-refractivity contribution is 5.87. The molecule has 1 aliphatic rings. The van der Waals surface area contributed by atoms with Gasteiger partial charge in [-0.25, -0.2) is 0 Å². The minimum Gasteiger partial charge on any atom is -0.310 e. The predicted molar refractivity (Wildman–Crippen MR) is 225 cm³/mol. The van der Waals surface area contributed by atoms with Crippen molar-refractivity contribution in [2.75, 3.05) is 4.90 Å². The number of nitrogens with zero attached hydrogens (tertiary/aromatic N) is 1. The van der Waals surface area contributed by atoms with Crippen LogP contribution in [0, 0.1) is 0 Å². The molecule has 1 aliphatic carbocycles. The Hall–Kier alpha value is -6.44. The van der Waals surface area contributed by atoms with Gasteiger partial charge in [-0.2, -0.15) is 0 Å². The van der Waals surface area contributed by atoms with E-state index in [9.17, 15) is 0 Å². The first-order valence-corrected chi connectivity index (χ1v) is 18.0. The van der Waals surface area contributed by atoms with E-state index in [0.717, 1.165) is 28.2 Å². The van der Waals surface area contributed by atoms with Crippen molar-refractivity contribution < 1.29 is 0 Å². The molecule has 1 nitrogen and oxygen atoms in total. The van der Waals surface area contributed by atoms with E-state index in [1.807, 2.05) is 12.1 Å². The van der Waals surface area contributed by atoms with Crippen LogP contribution < -0.4 is 4.90 Å². The molecule has 52 heavy (non-hydrogen) atoms. The summed E-state index contributed by atoms with van der Waals surface area (Å²) in [7, 11) is 0. The van der Waals surface area contributed by atoms with E-state index in [0.29, 0.717) is 0 Å². The van der Waals surface area contributed by atoms with Gasteiger partial charge < -0.3 is 4.90 Å². The third-order valence-corrected chi connectivity index (χ3v) is 10.0. The molecule has 0 aromatic heterocycles. The fraction of sp³-hybridized carbons (Fsp3) is 0.0588. The lowest BCUT2D eigenvalue weighted by Crippen LogP contribution is -2.16. The molecule has 0 unspecified atom stereocenters. The van der Waals surface area contributed by atoms with Gasteiger partial charge in [0.1, 0.15) is 0 Å². The molecular formula is C51H41N. The summed E-state index contributed by atoms with van der Waals surface area (Å²) in [5, 5.41) is 0. The molecule has 0 saturated heterocycles. The molecule has 0 spiro atoms. The monoisotopic (exact) mass is 667 g/mol. The SMILES string of the molecule is CC1(C)c2cc(C=Cc3ccccc3)ccc2-c2ccc(N(c3ccc(C=Cc4ccccc4)cc3)c3ccc(C=Cc4ccccc4)cc3)cc21. The van der Waals surface area contributed by atoms with E-state index in [-0.39, 0.29) is 5.41 Å². The third-order valence-electron chi connectivity index (χ3n) is 10.0. The highest BCUT2D eigenvalue weighted by Gasteiger charge is 2.36. The highest BCUT2D eigenvalue weighted by Crippen LogP contribution is 2.51. The summed E-state index contributed by atoms with van der Waals surface area (Å²) >= 11 is 0. The van der Waals surface area contributed by atoms with Crippen LogP contribution >= 0.6 is 0 Å². The number of fused-ring (bicyclic) bond motifs is 3. The number of rotatable bonds is 9. The molecule has 0 amide bonds. The predicted octanol–water partition coefficient (Wildman–Crippen LogP) is 14.0. The Morgan fingerprint density at radius 2 is 0.654 bits per heavy atom. The summed E-state index contributed by atoms with van der Waals surface area (Å²) in [5.74, 6) is 0. The molecule has 250 valence electrons. The molecule has 0 aliphatic heterocycles. The van der Waals surface area contributed by atoms with Gasteiger partial charge in [-0.3, -0.25) is 0 Å². The van der Waals surface area contributed by atoms with Gasteiger partial charge in [-0.15, -0.1) is 0 Å². The van der Waals surface area contributed by atoms with E-state index in [2.05, 4.69) is 219 Å². The largest absolute Gasteiger partial charge is 0.310 e. The summed E-state index contributed by atoms with van der Waals surface area (Å²) in [6.45, 7) is 4.72. The second-order valence-electron chi connectivity index (χ2n) is 13.9. The number of hydrogen-bond donors (Lipinski definition) is 0. The first kappa shape index (κ1) is 32.7. The van der Waals surface area contributed by atoms with Crippen LogP contribution in [0.3, 0.4) is 0 Å². The van der Waals surface area contributed by atoms with Crippen molar-refractivity contribution in [1.29, 1.82) is 0 Å². The Morgan fingerprint density at radius 1 is 0.327 bits per heavy atom. The van der Waals surface area contributed by atoms with Crippen molar-refractivity contribution in [3.8, 4) is 11.1 Å². The Kier molecular flexibility index (Phi) is 9.08. The Labute approximate surface area is 308 Å². The molecule has 7 aromatic rings. The van der Waals surface area contributed by atoms with Gasteiger partial charge in [-0.05, 0) is 92.0 Å². The van der Waals surface area contributed by atoms with Crippen LogP contribution in [0.5, 0.6) is 0 Å². The second kappa shape index (κ2) is 14.4. The first-order chi connectivity index (χ1) is 25.5. The fourth-order valence-electron chi connectivity index (χ4n) is 7.17. The number of hydrogen-bond acceptors (Lipinski definition) is 1. The minimum atomic E-state index is -0.152. The van der Waals surface area contributed by atoms with Crippen LogP contribution in [0.15, 0.2) is 176 Å². The molecule has 0 heterocycles. The average Bonchev–Trinajstić information content (AvgIpc) is 3.42. The van der Waals surface area contributed by atoms with Crippen molar-refractivity contribution in [1.82, 2.24) is 0 Å². The van der Waals surface area contributed by atoms with Gasteiger partial charge in [0.15, 0.2) is 0 Å². The van der Waals surface area contributed by atoms with Crippen LogP contribution in [0.4, 0.5) is 17.1 Å². The molecule has 7 aromatic carbocycles. The minimum absolute atomic E-state index is 0.152. The standard InChI is InChI=1S/C51H41N/c1-51(2)49-36-43(23-22-40-16-10-5-11-17-40)28-34-47(49)48-35-33-46(37-50(48)51)52(44-29-24-41(25-30-44)20-18-38-12-6-3-7-13-38)45-31-26-42(27-32-45)21-19-39-14-8-4-9-15-39/h3-37H,1-2H3. The summed E-state index contributed by atoms with van der Waals surface area (Å²) in [5.41, 5.74) is 15.7. The van der Waals surface area contributed by atoms with Crippen LogP contribution in [0.25, 0.3) is 47.6 Å². The van der Waals surface area contributed by atoms with Crippen LogP contribution in [0.1, 0.15) is 58.4 Å². The van der Waals surface area contributed by atoms with Gasteiger partial charge in [-0.1, -0.05) is 190 Å². The molecule has 1 heteroatoms. The summed E-state index contributed by atoms with van der Waals surface area (Å²) in [6, 6.07) is 63.0. The third kappa shape index (κ3) is 6.95. The maximum Gasteiger partial charge on any atom is 0.0465 e. The molecule has 0 N–H and O–H groups in total. The zero-order valence-electron chi connectivity index (χ0n) is 29.7. The first-order valence-electron chi connectivity index (χ1n) is 18.0. The highest BCUT2D eigenvalue weighted by atomic mass is 15.1. The summed E-state index contributed by atoms with van der Waals surface area (Å²) < 4.78 is 0. The van der Waals surface area contributed by atoms with Gasteiger partial charge in [0, 0.05) is 22.5 Å². The Balaban J connectivity index is 1.14. The lowest BCUT2D eigenvalue weighted by atomic mass is 9.81. The molecule has 0 radical (unpaired) electrons. The molecule has 0 saturated carbocycles. The van der Waals surface area contributed by atoms with Crippen LogP contribution in [-0.2, 0) is 5.41 Å². The molecular weight excluding hydrogens is 627 g/mol. The zero-order valence-corrected chi connectivity index (χ0v) is 29.7. The van der Waals surface area contributed by atoms with Gasteiger partial charge >= 0.3 is 0 Å². The van der Waals surface area contributed by atoms with Crippen LogP contribution in [0.2, 0.25) is 0 Å².